The summed E-state index contributed by atoms with van der Waals surface area (Å²) in [5, 5.41) is 15.4. The molecule has 0 spiro atoms. The highest BCUT2D eigenvalue weighted by molar-refractivity contribution is 6.31. The Labute approximate surface area is 191 Å². The number of amides is 3. The minimum Gasteiger partial charge on any atom is -0.391 e. The van der Waals surface area contributed by atoms with Crippen LogP contribution >= 0.6 is 11.6 Å². The summed E-state index contributed by atoms with van der Waals surface area (Å²) >= 11 is 6.22. The minimum absolute atomic E-state index is 0.168. The molecule has 3 amide bonds. The third-order valence-corrected chi connectivity index (χ3v) is 6.45. The number of carbonyl (C=O) groups excluding carboxylic acids is 2. The number of aliphatic hydroxyl groups excluding tert-OH is 1. The molecule has 4 atom stereocenters. The van der Waals surface area contributed by atoms with E-state index in [1.165, 1.54) is 30.3 Å². The van der Waals surface area contributed by atoms with Gasteiger partial charge in [-0.25, -0.2) is 9.18 Å². The number of likely N-dealkylation sites (tertiary alicyclic amines) is 1. The van der Waals surface area contributed by atoms with Gasteiger partial charge in [0.15, 0.2) is 0 Å². The van der Waals surface area contributed by atoms with Crippen molar-refractivity contribution in [3.8, 4) is 0 Å². The van der Waals surface area contributed by atoms with Crippen LogP contribution in [0.2, 0.25) is 5.02 Å². The molecular weight excluding hydrogens is 466 g/mol. The fraction of sp³-hybridized carbons (Fsp3) is 0.364. The molecule has 4 rings (SSSR count). The first-order valence-corrected chi connectivity index (χ1v) is 10.6. The molecule has 3 N–H and O–H groups in total. The highest BCUT2D eigenvalue weighted by atomic mass is 35.5. The molecule has 2 unspecified atom stereocenters. The molecule has 2 heterocycles. The van der Waals surface area contributed by atoms with E-state index in [4.69, 9.17) is 11.6 Å². The number of benzene rings is 2. The predicted octanol–water partition coefficient (Wildman–Crippen LogP) is 4.48. The largest absolute Gasteiger partial charge is 0.393 e. The third kappa shape index (κ3) is 4.37. The van der Waals surface area contributed by atoms with E-state index in [2.05, 4.69) is 10.6 Å². The quantitative estimate of drug-likeness (QED) is 0.561. The van der Waals surface area contributed by atoms with Gasteiger partial charge in [-0.05, 0) is 36.8 Å². The zero-order chi connectivity index (χ0) is 24.1. The maximum absolute atomic E-state index is 13.9. The van der Waals surface area contributed by atoms with Crippen molar-refractivity contribution >= 4 is 29.2 Å². The lowest BCUT2D eigenvalue weighted by Gasteiger charge is -2.31. The van der Waals surface area contributed by atoms with E-state index in [1.807, 2.05) is 0 Å². The second-order valence-corrected chi connectivity index (χ2v) is 8.62. The van der Waals surface area contributed by atoms with Gasteiger partial charge < -0.3 is 20.6 Å². The zero-order valence-corrected chi connectivity index (χ0v) is 18.0. The van der Waals surface area contributed by atoms with Crippen molar-refractivity contribution in [3.63, 3.8) is 0 Å². The standard InChI is InChI=1S/C22H20ClF4N3O3/c1-10(22(25,26)27)17-8-12(31)9-30(17)21(33)28-16-4-2-3-13-18(16)19(29-20(13)32)14-7-11(24)5-6-15(14)23/h2-7,10,12,17,19,31H,8-9H2,1H3,(H,28,33)(H,29,32)/t10?,12-,17-,19?/m1/s1. The number of hydrogen-bond donors (Lipinski definition) is 3. The van der Waals surface area contributed by atoms with Crippen LogP contribution in [0.25, 0.3) is 0 Å². The Morgan fingerprint density at radius 2 is 2.03 bits per heavy atom. The summed E-state index contributed by atoms with van der Waals surface area (Å²) in [4.78, 5) is 26.5. The summed E-state index contributed by atoms with van der Waals surface area (Å²) in [6, 6.07) is 5.23. The van der Waals surface area contributed by atoms with E-state index >= 15 is 0 Å². The Balaban J connectivity index is 1.67. The number of β-amino-alcohol motifs (C(OH)–C–C–N with tert-alkyl or cyclic N) is 1. The Kier molecular flexibility index (Phi) is 6.00. The van der Waals surface area contributed by atoms with Crippen LogP contribution in [0.5, 0.6) is 0 Å². The lowest BCUT2D eigenvalue weighted by Crippen LogP contribution is -2.46. The second kappa shape index (κ2) is 8.49. The first-order chi connectivity index (χ1) is 15.5. The van der Waals surface area contributed by atoms with Crippen molar-refractivity contribution in [1.82, 2.24) is 10.2 Å². The van der Waals surface area contributed by atoms with Crippen molar-refractivity contribution in [2.75, 3.05) is 11.9 Å². The first kappa shape index (κ1) is 23.3. The zero-order valence-electron chi connectivity index (χ0n) is 17.3. The molecule has 0 saturated carbocycles. The van der Waals surface area contributed by atoms with E-state index in [-0.39, 0.29) is 34.8 Å². The van der Waals surface area contributed by atoms with Crippen molar-refractivity contribution in [2.24, 2.45) is 5.92 Å². The van der Waals surface area contributed by atoms with Crippen LogP contribution in [0.4, 0.5) is 28.0 Å². The summed E-state index contributed by atoms with van der Waals surface area (Å²) in [6.45, 7) is 0.704. The molecular formula is C22H20ClF4N3O3. The minimum atomic E-state index is -4.54. The summed E-state index contributed by atoms with van der Waals surface area (Å²) in [7, 11) is 0. The number of alkyl halides is 3. The number of nitrogens with one attached hydrogen (secondary N) is 2. The van der Waals surface area contributed by atoms with Gasteiger partial charge in [-0.2, -0.15) is 13.2 Å². The Morgan fingerprint density at radius 3 is 2.73 bits per heavy atom. The van der Waals surface area contributed by atoms with Crippen LogP contribution in [0, 0.1) is 11.7 Å². The van der Waals surface area contributed by atoms with Crippen molar-refractivity contribution in [3.05, 3.63) is 63.9 Å². The maximum Gasteiger partial charge on any atom is 0.393 e. The molecule has 2 aliphatic rings. The topological polar surface area (TPSA) is 81.7 Å². The maximum atomic E-state index is 13.9. The highest BCUT2D eigenvalue weighted by Crippen LogP contribution is 2.40. The fourth-order valence-corrected chi connectivity index (χ4v) is 4.62. The van der Waals surface area contributed by atoms with E-state index in [9.17, 15) is 32.3 Å². The van der Waals surface area contributed by atoms with Gasteiger partial charge in [0.2, 0.25) is 0 Å². The van der Waals surface area contributed by atoms with Crippen molar-refractivity contribution in [2.45, 2.75) is 37.7 Å². The summed E-state index contributed by atoms with van der Waals surface area (Å²) < 4.78 is 53.8. The third-order valence-electron chi connectivity index (χ3n) is 6.10. The molecule has 33 heavy (non-hydrogen) atoms. The number of anilines is 1. The van der Waals surface area contributed by atoms with E-state index < -0.39 is 48.0 Å². The van der Waals surface area contributed by atoms with Crippen LogP contribution in [-0.2, 0) is 0 Å². The van der Waals surface area contributed by atoms with Crippen LogP contribution < -0.4 is 10.6 Å². The number of carbonyl (C=O) groups is 2. The molecule has 11 heteroatoms. The van der Waals surface area contributed by atoms with Crippen LogP contribution in [0.3, 0.4) is 0 Å². The van der Waals surface area contributed by atoms with E-state index in [0.717, 1.165) is 17.9 Å². The average Bonchev–Trinajstić information content (AvgIpc) is 3.29. The molecule has 176 valence electrons. The van der Waals surface area contributed by atoms with Crippen LogP contribution in [-0.4, -0.2) is 46.8 Å². The summed E-state index contributed by atoms with van der Waals surface area (Å²) in [5.41, 5.74) is 0.981. The molecule has 0 aliphatic carbocycles. The lowest BCUT2D eigenvalue weighted by atomic mass is 9.96. The van der Waals surface area contributed by atoms with Gasteiger partial charge in [0.1, 0.15) is 5.82 Å². The number of urea groups is 1. The highest BCUT2D eigenvalue weighted by Gasteiger charge is 2.48. The molecule has 0 radical (unpaired) electrons. The van der Waals surface area contributed by atoms with Gasteiger partial charge in [-0.3, -0.25) is 4.79 Å². The second-order valence-electron chi connectivity index (χ2n) is 8.21. The summed E-state index contributed by atoms with van der Waals surface area (Å²) in [5.74, 6) is -2.88. The SMILES string of the molecule is CC([C@H]1C[C@@H](O)CN1C(=O)Nc1cccc2c1C(c1cc(F)ccc1Cl)NC2=O)C(F)(F)F. The number of halogens is 5. The monoisotopic (exact) mass is 485 g/mol. The van der Waals surface area contributed by atoms with Crippen molar-refractivity contribution < 1.29 is 32.3 Å². The van der Waals surface area contributed by atoms with Gasteiger partial charge in [0.25, 0.3) is 5.91 Å². The Morgan fingerprint density at radius 1 is 1.30 bits per heavy atom. The molecule has 1 fully saturated rings. The van der Waals surface area contributed by atoms with Gasteiger partial charge in [-0.15, -0.1) is 0 Å². The number of rotatable bonds is 3. The molecule has 1 saturated heterocycles. The predicted molar refractivity (Wildman–Crippen MR) is 113 cm³/mol. The Hall–Kier alpha value is -2.85. The van der Waals surface area contributed by atoms with Crippen LogP contribution in [0.15, 0.2) is 36.4 Å². The van der Waals surface area contributed by atoms with Gasteiger partial charge in [-0.1, -0.05) is 24.6 Å². The number of aliphatic hydroxyl groups is 1. The van der Waals surface area contributed by atoms with Crippen molar-refractivity contribution in [1.29, 1.82) is 0 Å². The molecule has 2 aromatic carbocycles. The number of hydrogen-bond acceptors (Lipinski definition) is 3. The van der Waals surface area contributed by atoms with Gasteiger partial charge >= 0.3 is 12.2 Å². The normalized spacial score (nSPS) is 23.3. The molecule has 2 aliphatic heterocycles. The smallest absolute Gasteiger partial charge is 0.391 e. The molecule has 0 aromatic heterocycles. The lowest BCUT2D eigenvalue weighted by molar-refractivity contribution is -0.181. The first-order valence-electron chi connectivity index (χ1n) is 10.2. The average molecular weight is 486 g/mol. The number of nitrogens with zero attached hydrogens (tertiary/aromatic N) is 1. The molecule has 2 aromatic rings. The van der Waals surface area contributed by atoms with Gasteiger partial charge in [0, 0.05) is 40.0 Å². The van der Waals surface area contributed by atoms with Gasteiger partial charge in [0.05, 0.1) is 18.1 Å². The molecule has 0 bridgehead atoms. The fourth-order valence-electron chi connectivity index (χ4n) is 4.39. The van der Waals surface area contributed by atoms with E-state index in [1.54, 1.807) is 0 Å². The van der Waals surface area contributed by atoms with Crippen LogP contribution in [0.1, 0.15) is 40.9 Å². The van der Waals surface area contributed by atoms with E-state index in [0.29, 0.717) is 5.56 Å². The number of fused-ring (bicyclic) bond motifs is 1. The Bertz CT molecular complexity index is 1110. The molecule has 6 nitrogen and oxygen atoms in total. The summed E-state index contributed by atoms with van der Waals surface area (Å²) in [6.07, 6.45) is -5.84.